The third-order valence-electron chi connectivity index (χ3n) is 3.43. The number of nitrogen functional groups attached to an aromatic ring is 1. The Hall–Kier alpha value is -1.97. The van der Waals surface area contributed by atoms with Gasteiger partial charge in [-0.15, -0.1) is 0 Å². The molecule has 0 spiro atoms. The lowest BCUT2D eigenvalue weighted by molar-refractivity contribution is 0.382. The van der Waals surface area contributed by atoms with Crippen LogP contribution in [-0.4, -0.2) is 12.3 Å². The van der Waals surface area contributed by atoms with Crippen LogP contribution in [0.2, 0.25) is 0 Å². The van der Waals surface area contributed by atoms with Crippen LogP contribution in [0.25, 0.3) is 11.1 Å². The number of aromatic nitrogens is 1. The molecule has 108 valence electrons. The first kappa shape index (κ1) is 14.4. The average Bonchev–Trinajstić information content (AvgIpc) is 2.85. The number of nitrogens with zero attached hydrogens (tertiary/aromatic N) is 1. The van der Waals surface area contributed by atoms with Gasteiger partial charge in [-0.2, -0.15) is 0 Å². The van der Waals surface area contributed by atoms with Gasteiger partial charge < -0.3 is 15.0 Å². The number of ether oxygens (including phenoxy) is 1. The summed E-state index contributed by atoms with van der Waals surface area (Å²) in [6.45, 7) is 2.20. The van der Waals surface area contributed by atoms with E-state index in [9.17, 15) is 0 Å². The number of unbranched alkanes of at least 4 members (excludes halogenated alkanes) is 3. The van der Waals surface area contributed by atoms with Crippen LogP contribution in [0.4, 0.5) is 5.82 Å². The molecule has 1 aromatic heterocycles. The second kappa shape index (κ2) is 6.98. The highest BCUT2D eigenvalue weighted by atomic mass is 16.5. The van der Waals surface area contributed by atoms with Crippen LogP contribution in [0.15, 0.2) is 28.8 Å². The number of methoxy groups -OCH3 is 1. The van der Waals surface area contributed by atoms with E-state index < -0.39 is 0 Å². The molecule has 1 heterocycles. The number of rotatable bonds is 7. The number of nitrogens with two attached hydrogens (primary N) is 1. The van der Waals surface area contributed by atoms with E-state index in [1.54, 1.807) is 7.11 Å². The Morgan fingerprint density at radius 2 is 1.90 bits per heavy atom. The largest absolute Gasteiger partial charge is 0.497 e. The van der Waals surface area contributed by atoms with Gasteiger partial charge in [-0.25, -0.2) is 0 Å². The van der Waals surface area contributed by atoms with Crippen LogP contribution in [0, 0.1) is 0 Å². The van der Waals surface area contributed by atoms with Gasteiger partial charge in [0.1, 0.15) is 11.5 Å². The lowest BCUT2D eigenvalue weighted by Gasteiger charge is -2.04. The quantitative estimate of drug-likeness (QED) is 0.773. The molecule has 0 aliphatic carbocycles. The molecule has 4 nitrogen and oxygen atoms in total. The summed E-state index contributed by atoms with van der Waals surface area (Å²) in [5.74, 6) is 2.16. The molecule has 20 heavy (non-hydrogen) atoms. The van der Waals surface area contributed by atoms with Crippen molar-refractivity contribution < 1.29 is 9.26 Å². The first-order valence-corrected chi connectivity index (χ1v) is 7.14. The minimum Gasteiger partial charge on any atom is -0.497 e. The van der Waals surface area contributed by atoms with Gasteiger partial charge in [-0.1, -0.05) is 43.5 Å². The summed E-state index contributed by atoms with van der Waals surface area (Å²) < 4.78 is 10.5. The third-order valence-corrected chi connectivity index (χ3v) is 3.43. The fraction of sp³-hybridized carbons (Fsp3) is 0.438. The zero-order valence-electron chi connectivity index (χ0n) is 12.2. The predicted octanol–water partition coefficient (Wildman–Crippen LogP) is 4.06. The van der Waals surface area contributed by atoms with Crippen molar-refractivity contribution in [2.45, 2.75) is 39.0 Å². The molecule has 0 aliphatic heterocycles. The SMILES string of the molecule is CCCCCCc1onc(N)c1-c1ccc(OC)cc1. The minimum atomic E-state index is 0.459. The molecule has 4 heteroatoms. The molecule has 0 radical (unpaired) electrons. The molecule has 2 aromatic rings. The molecular weight excluding hydrogens is 252 g/mol. The summed E-state index contributed by atoms with van der Waals surface area (Å²) in [6, 6.07) is 7.81. The monoisotopic (exact) mass is 274 g/mol. The highest BCUT2D eigenvalue weighted by Crippen LogP contribution is 2.31. The Balaban J connectivity index is 2.15. The molecule has 2 N–H and O–H groups in total. The van der Waals surface area contributed by atoms with E-state index in [4.69, 9.17) is 15.0 Å². The van der Waals surface area contributed by atoms with E-state index >= 15 is 0 Å². The highest BCUT2D eigenvalue weighted by molar-refractivity contribution is 5.75. The van der Waals surface area contributed by atoms with Crippen LogP contribution in [0.5, 0.6) is 5.75 Å². The zero-order valence-corrected chi connectivity index (χ0v) is 12.2. The van der Waals surface area contributed by atoms with Gasteiger partial charge in [0.15, 0.2) is 5.82 Å². The number of hydrogen-bond acceptors (Lipinski definition) is 4. The van der Waals surface area contributed by atoms with Crippen molar-refractivity contribution in [1.29, 1.82) is 0 Å². The van der Waals surface area contributed by atoms with Gasteiger partial charge >= 0.3 is 0 Å². The van der Waals surface area contributed by atoms with Gasteiger partial charge in [0.25, 0.3) is 0 Å². The predicted molar refractivity (Wildman–Crippen MR) is 80.7 cm³/mol. The molecule has 0 fully saturated rings. The van der Waals surface area contributed by atoms with Crippen LogP contribution >= 0.6 is 0 Å². The maximum Gasteiger partial charge on any atom is 0.175 e. The smallest absolute Gasteiger partial charge is 0.175 e. The van der Waals surface area contributed by atoms with Crippen molar-refractivity contribution in [2.75, 3.05) is 12.8 Å². The van der Waals surface area contributed by atoms with Crippen molar-refractivity contribution in [1.82, 2.24) is 5.16 Å². The Bertz CT molecular complexity index is 532. The molecular formula is C16H22N2O2. The second-order valence-electron chi connectivity index (χ2n) is 4.91. The highest BCUT2D eigenvalue weighted by Gasteiger charge is 2.15. The van der Waals surface area contributed by atoms with Crippen LogP contribution < -0.4 is 10.5 Å². The van der Waals surface area contributed by atoms with E-state index in [-0.39, 0.29) is 0 Å². The van der Waals surface area contributed by atoms with E-state index in [0.29, 0.717) is 5.82 Å². The molecule has 0 unspecified atom stereocenters. The molecule has 0 saturated carbocycles. The summed E-state index contributed by atoms with van der Waals surface area (Å²) in [4.78, 5) is 0. The van der Waals surface area contributed by atoms with Gasteiger partial charge in [-0.3, -0.25) is 0 Å². The molecule has 0 amide bonds. The third kappa shape index (κ3) is 3.32. The van der Waals surface area contributed by atoms with Gasteiger partial charge in [0, 0.05) is 6.42 Å². The number of benzene rings is 1. The van der Waals surface area contributed by atoms with Crippen molar-refractivity contribution in [3.63, 3.8) is 0 Å². The number of anilines is 1. The summed E-state index contributed by atoms with van der Waals surface area (Å²) in [5, 5.41) is 3.91. The first-order chi connectivity index (χ1) is 9.76. The standard InChI is InChI=1S/C16H22N2O2/c1-3-4-5-6-7-14-15(16(17)18-20-14)12-8-10-13(19-2)11-9-12/h8-11H,3-7H2,1-2H3,(H2,17,18). The Morgan fingerprint density at radius 3 is 2.55 bits per heavy atom. The topological polar surface area (TPSA) is 61.3 Å². The Kier molecular flexibility index (Phi) is 5.04. The number of hydrogen-bond donors (Lipinski definition) is 1. The fourth-order valence-electron chi connectivity index (χ4n) is 2.29. The molecule has 0 atom stereocenters. The van der Waals surface area contributed by atoms with Gasteiger partial charge in [0.2, 0.25) is 0 Å². The molecule has 2 rings (SSSR count). The average molecular weight is 274 g/mol. The van der Waals surface area contributed by atoms with E-state index in [1.807, 2.05) is 24.3 Å². The van der Waals surface area contributed by atoms with Crippen LogP contribution in [-0.2, 0) is 6.42 Å². The second-order valence-corrected chi connectivity index (χ2v) is 4.91. The van der Waals surface area contributed by atoms with Crippen LogP contribution in [0.3, 0.4) is 0 Å². The van der Waals surface area contributed by atoms with Crippen molar-refractivity contribution in [3.05, 3.63) is 30.0 Å². The molecule has 0 bridgehead atoms. The summed E-state index contributed by atoms with van der Waals surface area (Å²) >= 11 is 0. The first-order valence-electron chi connectivity index (χ1n) is 7.14. The van der Waals surface area contributed by atoms with E-state index in [1.165, 1.54) is 19.3 Å². The molecule has 1 aromatic carbocycles. The maximum atomic E-state index is 5.94. The lowest BCUT2D eigenvalue weighted by Crippen LogP contribution is -1.92. The molecule has 0 saturated heterocycles. The summed E-state index contributed by atoms with van der Waals surface area (Å²) in [6.07, 6.45) is 5.67. The zero-order chi connectivity index (χ0) is 14.4. The Morgan fingerprint density at radius 1 is 1.15 bits per heavy atom. The van der Waals surface area contributed by atoms with Crippen molar-refractivity contribution in [3.8, 4) is 16.9 Å². The van der Waals surface area contributed by atoms with Crippen molar-refractivity contribution >= 4 is 5.82 Å². The Labute approximate surface area is 119 Å². The number of aryl methyl sites for hydroxylation is 1. The fourth-order valence-corrected chi connectivity index (χ4v) is 2.29. The van der Waals surface area contributed by atoms with E-state index in [0.717, 1.165) is 35.5 Å². The van der Waals surface area contributed by atoms with E-state index in [2.05, 4.69) is 12.1 Å². The summed E-state index contributed by atoms with van der Waals surface area (Å²) in [5.41, 5.74) is 7.88. The minimum absolute atomic E-state index is 0.459. The summed E-state index contributed by atoms with van der Waals surface area (Å²) in [7, 11) is 1.65. The van der Waals surface area contributed by atoms with Crippen LogP contribution in [0.1, 0.15) is 38.4 Å². The normalized spacial score (nSPS) is 10.7. The lowest BCUT2D eigenvalue weighted by atomic mass is 10.0. The maximum absolute atomic E-state index is 5.94. The van der Waals surface area contributed by atoms with Gasteiger partial charge in [-0.05, 0) is 24.1 Å². The van der Waals surface area contributed by atoms with Crippen molar-refractivity contribution in [2.24, 2.45) is 0 Å². The molecule has 0 aliphatic rings. The van der Waals surface area contributed by atoms with Gasteiger partial charge in [0.05, 0.1) is 12.7 Å².